The third kappa shape index (κ3) is 1.80. The highest BCUT2D eigenvalue weighted by atomic mass is 32.1. The topological polar surface area (TPSA) is 31.4 Å². The number of ether oxygens (including phenoxy) is 2. The average Bonchev–Trinajstić information content (AvgIpc) is 2.81. The Hall–Kier alpha value is -1.55. The van der Waals surface area contributed by atoms with Crippen LogP contribution in [0.1, 0.15) is 0 Å². The molecular formula is C11H10NO2S. The van der Waals surface area contributed by atoms with E-state index < -0.39 is 0 Å². The van der Waals surface area contributed by atoms with Gasteiger partial charge in [-0.25, -0.2) is 4.98 Å². The molecule has 77 valence electrons. The lowest BCUT2D eigenvalue weighted by atomic mass is 10.2. The van der Waals surface area contributed by atoms with E-state index in [1.807, 2.05) is 18.2 Å². The van der Waals surface area contributed by atoms with Gasteiger partial charge in [0.15, 0.2) is 0 Å². The van der Waals surface area contributed by atoms with Gasteiger partial charge in [-0.1, -0.05) is 6.07 Å². The van der Waals surface area contributed by atoms with Crippen LogP contribution in [-0.2, 0) is 0 Å². The van der Waals surface area contributed by atoms with Gasteiger partial charge in [-0.05, 0) is 12.1 Å². The molecule has 0 aliphatic heterocycles. The molecule has 0 bridgehead atoms. The van der Waals surface area contributed by atoms with E-state index in [1.54, 1.807) is 20.4 Å². The van der Waals surface area contributed by atoms with E-state index in [2.05, 4.69) is 10.4 Å². The molecule has 0 N–H and O–H groups in total. The summed E-state index contributed by atoms with van der Waals surface area (Å²) in [5.41, 5.74) is 0.883. The van der Waals surface area contributed by atoms with E-state index in [9.17, 15) is 0 Å². The molecule has 15 heavy (non-hydrogen) atoms. The number of rotatable bonds is 3. The molecule has 2 rings (SSSR count). The zero-order valence-electron chi connectivity index (χ0n) is 8.48. The molecule has 0 atom stereocenters. The summed E-state index contributed by atoms with van der Waals surface area (Å²) in [4.78, 5) is 4.21. The smallest absolute Gasteiger partial charge is 0.132 e. The molecule has 0 aliphatic rings. The normalized spacial score (nSPS) is 10.0. The Bertz CT molecular complexity index is 418. The number of aromatic nitrogens is 1. The highest BCUT2D eigenvalue weighted by Crippen LogP contribution is 2.38. The van der Waals surface area contributed by atoms with Crippen LogP contribution in [0.3, 0.4) is 0 Å². The van der Waals surface area contributed by atoms with Crippen molar-refractivity contribution in [3.8, 4) is 22.1 Å². The van der Waals surface area contributed by atoms with Gasteiger partial charge in [0.25, 0.3) is 0 Å². The lowest BCUT2D eigenvalue weighted by molar-refractivity contribution is 0.397. The van der Waals surface area contributed by atoms with E-state index in [1.165, 1.54) is 11.3 Å². The first kappa shape index (κ1) is 9.98. The lowest BCUT2D eigenvalue weighted by Crippen LogP contribution is -1.92. The number of methoxy groups -OCH3 is 2. The zero-order chi connectivity index (χ0) is 10.7. The highest BCUT2D eigenvalue weighted by molar-refractivity contribution is 7.12. The molecule has 1 aromatic carbocycles. The Kier molecular flexibility index (Phi) is 2.87. The quantitative estimate of drug-likeness (QED) is 0.796. The van der Waals surface area contributed by atoms with E-state index in [-0.39, 0.29) is 0 Å². The van der Waals surface area contributed by atoms with Crippen LogP contribution in [0, 0.1) is 5.38 Å². The standard InChI is InChI=1S/C11H10NO2S/c1-13-8-4-3-5-9(14-2)10(8)11-12-6-7-15-11/h3-6H,1-2H3. The summed E-state index contributed by atoms with van der Waals surface area (Å²) < 4.78 is 10.6. The zero-order valence-corrected chi connectivity index (χ0v) is 9.30. The molecule has 0 aliphatic carbocycles. The van der Waals surface area contributed by atoms with Crippen molar-refractivity contribution in [2.45, 2.75) is 0 Å². The fraction of sp³-hybridized carbons (Fsp3) is 0.182. The van der Waals surface area contributed by atoms with Crippen LogP contribution in [0.25, 0.3) is 10.6 Å². The second-order valence-electron chi connectivity index (χ2n) is 2.82. The van der Waals surface area contributed by atoms with Gasteiger partial charge >= 0.3 is 0 Å². The first-order valence-corrected chi connectivity index (χ1v) is 5.21. The molecular weight excluding hydrogens is 210 g/mol. The minimum Gasteiger partial charge on any atom is -0.496 e. The molecule has 0 saturated heterocycles. The SMILES string of the molecule is COc1cccc(OC)c1-c1nc[c]s1. The Balaban J connectivity index is 2.61. The van der Waals surface area contributed by atoms with Gasteiger partial charge in [0, 0.05) is 6.20 Å². The van der Waals surface area contributed by atoms with Crippen molar-refractivity contribution in [1.29, 1.82) is 0 Å². The van der Waals surface area contributed by atoms with E-state index in [0.717, 1.165) is 22.1 Å². The molecule has 1 radical (unpaired) electrons. The third-order valence-corrected chi connectivity index (χ3v) is 2.76. The summed E-state index contributed by atoms with van der Waals surface area (Å²) in [6.07, 6.45) is 1.64. The number of hydrogen-bond acceptors (Lipinski definition) is 4. The average molecular weight is 220 g/mol. The molecule has 1 heterocycles. The van der Waals surface area contributed by atoms with E-state index in [0.29, 0.717) is 0 Å². The molecule has 0 spiro atoms. The molecule has 0 unspecified atom stereocenters. The minimum absolute atomic E-state index is 0.762. The van der Waals surface area contributed by atoms with Crippen LogP contribution in [0.5, 0.6) is 11.5 Å². The van der Waals surface area contributed by atoms with Crippen LogP contribution in [0.2, 0.25) is 0 Å². The van der Waals surface area contributed by atoms with Crippen LogP contribution in [-0.4, -0.2) is 19.2 Å². The van der Waals surface area contributed by atoms with Crippen molar-refractivity contribution in [2.24, 2.45) is 0 Å². The van der Waals surface area contributed by atoms with Crippen molar-refractivity contribution in [2.75, 3.05) is 14.2 Å². The third-order valence-electron chi connectivity index (χ3n) is 2.03. The minimum atomic E-state index is 0.762. The van der Waals surface area contributed by atoms with Gasteiger partial charge in [-0.2, -0.15) is 0 Å². The maximum atomic E-state index is 5.28. The molecule has 3 nitrogen and oxygen atoms in total. The number of nitrogens with zero attached hydrogens (tertiary/aromatic N) is 1. The first-order valence-electron chi connectivity index (χ1n) is 4.40. The number of thiazole rings is 1. The van der Waals surface area contributed by atoms with Gasteiger partial charge in [0.05, 0.1) is 25.2 Å². The van der Waals surface area contributed by atoms with Crippen molar-refractivity contribution in [1.82, 2.24) is 4.98 Å². The van der Waals surface area contributed by atoms with Gasteiger partial charge in [0.1, 0.15) is 16.5 Å². The van der Waals surface area contributed by atoms with Gasteiger partial charge in [0.2, 0.25) is 0 Å². The molecule has 2 aromatic rings. The Morgan fingerprint density at radius 3 is 2.33 bits per heavy atom. The van der Waals surface area contributed by atoms with Gasteiger partial charge in [-0.15, -0.1) is 11.3 Å². The van der Waals surface area contributed by atoms with Crippen molar-refractivity contribution in [3.05, 3.63) is 29.8 Å². The van der Waals surface area contributed by atoms with Crippen LogP contribution < -0.4 is 9.47 Å². The maximum Gasteiger partial charge on any atom is 0.132 e. The lowest BCUT2D eigenvalue weighted by Gasteiger charge is -2.10. The summed E-state index contributed by atoms with van der Waals surface area (Å²) in [7, 11) is 3.27. The number of benzene rings is 1. The van der Waals surface area contributed by atoms with Crippen molar-refractivity contribution >= 4 is 11.3 Å². The van der Waals surface area contributed by atoms with Crippen LogP contribution >= 0.6 is 11.3 Å². The Morgan fingerprint density at radius 1 is 1.20 bits per heavy atom. The molecule has 0 saturated carbocycles. The molecule has 1 aromatic heterocycles. The van der Waals surface area contributed by atoms with E-state index in [4.69, 9.17) is 9.47 Å². The predicted molar refractivity (Wildman–Crippen MR) is 59.5 cm³/mol. The van der Waals surface area contributed by atoms with Crippen LogP contribution in [0.4, 0.5) is 0 Å². The van der Waals surface area contributed by atoms with Gasteiger partial charge < -0.3 is 9.47 Å². The Morgan fingerprint density at radius 2 is 1.87 bits per heavy atom. The van der Waals surface area contributed by atoms with Crippen LogP contribution in [0.15, 0.2) is 24.4 Å². The summed E-state index contributed by atoms with van der Waals surface area (Å²) >= 11 is 1.44. The molecule has 0 fully saturated rings. The molecule has 4 heteroatoms. The summed E-state index contributed by atoms with van der Waals surface area (Å²) in [5.74, 6) is 1.52. The highest BCUT2D eigenvalue weighted by Gasteiger charge is 2.13. The second kappa shape index (κ2) is 4.31. The summed E-state index contributed by atoms with van der Waals surface area (Å²) in [6, 6.07) is 5.66. The summed E-state index contributed by atoms with van der Waals surface area (Å²) in [6.45, 7) is 0. The van der Waals surface area contributed by atoms with E-state index >= 15 is 0 Å². The van der Waals surface area contributed by atoms with Crippen molar-refractivity contribution < 1.29 is 9.47 Å². The Labute approximate surface area is 92.3 Å². The molecule has 0 amide bonds. The second-order valence-corrected chi connectivity index (χ2v) is 3.65. The fourth-order valence-electron chi connectivity index (χ4n) is 1.37. The number of hydrogen-bond donors (Lipinski definition) is 0. The monoisotopic (exact) mass is 220 g/mol. The predicted octanol–water partition coefficient (Wildman–Crippen LogP) is 2.63. The van der Waals surface area contributed by atoms with Crippen molar-refractivity contribution in [3.63, 3.8) is 0 Å². The van der Waals surface area contributed by atoms with Gasteiger partial charge in [-0.3, -0.25) is 0 Å². The first-order chi connectivity index (χ1) is 7.36. The fourth-order valence-corrected chi connectivity index (χ4v) is 2.00. The summed E-state index contributed by atoms with van der Waals surface area (Å²) in [5, 5.41) is 3.80. The largest absolute Gasteiger partial charge is 0.496 e. The maximum absolute atomic E-state index is 5.28.